The molecular weight excluding hydrogens is 244 g/mol. The Labute approximate surface area is 102 Å². The van der Waals surface area contributed by atoms with Gasteiger partial charge >= 0.3 is 0 Å². The van der Waals surface area contributed by atoms with Crippen molar-refractivity contribution in [3.05, 3.63) is 0 Å². The Morgan fingerprint density at radius 2 is 2.06 bits per heavy atom. The van der Waals surface area contributed by atoms with E-state index < -0.39 is 16.3 Å². The lowest BCUT2D eigenvalue weighted by Crippen LogP contribution is -2.47. The third-order valence-corrected chi connectivity index (χ3v) is 4.39. The molecule has 0 saturated carbocycles. The summed E-state index contributed by atoms with van der Waals surface area (Å²) in [5, 5.41) is 11.2. The Hall–Kier alpha value is -0.860. The minimum atomic E-state index is -3.45. The van der Waals surface area contributed by atoms with Crippen LogP contribution in [0.3, 0.4) is 0 Å². The van der Waals surface area contributed by atoms with E-state index >= 15 is 0 Å². The third kappa shape index (κ3) is 4.49. The predicted molar refractivity (Wildman–Crippen MR) is 65.0 cm³/mol. The van der Waals surface area contributed by atoms with Gasteiger partial charge in [-0.2, -0.15) is 17.4 Å². The minimum absolute atomic E-state index is 0.0128. The van der Waals surface area contributed by atoms with E-state index in [0.29, 0.717) is 13.1 Å². The zero-order valence-electron chi connectivity index (χ0n) is 9.96. The summed E-state index contributed by atoms with van der Waals surface area (Å²) in [4.78, 5) is 0. The number of oxime groups is 1. The van der Waals surface area contributed by atoms with Crippen LogP contribution in [-0.2, 0) is 10.2 Å². The second-order valence-corrected chi connectivity index (χ2v) is 5.98. The Kier molecular flexibility index (Phi) is 5.16. The van der Waals surface area contributed by atoms with E-state index in [0.717, 1.165) is 19.3 Å². The van der Waals surface area contributed by atoms with E-state index in [9.17, 15) is 8.42 Å². The van der Waals surface area contributed by atoms with Crippen LogP contribution in [0.25, 0.3) is 0 Å². The number of nitrogens with one attached hydrogen (secondary N) is 1. The first-order valence-electron chi connectivity index (χ1n) is 5.69. The Balaban J connectivity index is 2.53. The second-order valence-electron chi connectivity index (χ2n) is 4.28. The van der Waals surface area contributed by atoms with Gasteiger partial charge in [-0.1, -0.05) is 11.6 Å². The number of piperidine rings is 1. The summed E-state index contributed by atoms with van der Waals surface area (Å²) < 4.78 is 27.8. The molecule has 0 radical (unpaired) electrons. The molecule has 8 heteroatoms. The van der Waals surface area contributed by atoms with Crippen LogP contribution < -0.4 is 10.5 Å². The molecule has 0 aromatic heterocycles. The smallest absolute Gasteiger partial charge is 0.279 e. The highest BCUT2D eigenvalue weighted by molar-refractivity contribution is 7.87. The van der Waals surface area contributed by atoms with Gasteiger partial charge in [-0.25, -0.2) is 0 Å². The van der Waals surface area contributed by atoms with Crippen molar-refractivity contribution in [3.8, 4) is 0 Å². The normalized spacial score (nSPS) is 21.4. The van der Waals surface area contributed by atoms with Gasteiger partial charge in [0.25, 0.3) is 10.2 Å². The molecule has 17 heavy (non-hydrogen) atoms. The molecule has 1 atom stereocenters. The van der Waals surface area contributed by atoms with Crippen molar-refractivity contribution in [1.29, 1.82) is 0 Å². The van der Waals surface area contributed by atoms with Crippen molar-refractivity contribution in [2.24, 2.45) is 10.9 Å². The lowest BCUT2D eigenvalue weighted by Gasteiger charge is -2.27. The lowest BCUT2D eigenvalue weighted by atomic mass is 10.2. The molecule has 0 spiro atoms. The van der Waals surface area contributed by atoms with Crippen LogP contribution in [0, 0.1) is 0 Å². The van der Waals surface area contributed by atoms with Crippen molar-refractivity contribution in [3.63, 3.8) is 0 Å². The van der Waals surface area contributed by atoms with Crippen molar-refractivity contribution in [1.82, 2.24) is 9.03 Å². The zero-order valence-corrected chi connectivity index (χ0v) is 10.8. The Morgan fingerprint density at radius 1 is 1.47 bits per heavy atom. The fourth-order valence-electron chi connectivity index (χ4n) is 1.83. The standard InChI is InChI=1S/C9H20N4O3S/c1-8(7-9(10)11-14)12-17(15,16)13-5-3-2-4-6-13/h8,12,14H,2-7H2,1H3,(H2,10,11). The lowest BCUT2D eigenvalue weighted by molar-refractivity contribution is 0.315. The zero-order chi connectivity index (χ0) is 12.9. The molecule has 1 fully saturated rings. The molecule has 1 rings (SSSR count). The van der Waals surface area contributed by atoms with Crippen LogP contribution in [0.5, 0.6) is 0 Å². The Bertz CT molecular complexity index is 362. The highest BCUT2D eigenvalue weighted by atomic mass is 32.2. The number of hydrogen-bond acceptors (Lipinski definition) is 4. The highest BCUT2D eigenvalue weighted by Gasteiger charge is 2.25. The largest absolute Gasteiger partial charge is 0.409 e. The molecule has 1 unspecified atom stereocenters. The molecule has 1 aliphatic heterocycles. The maximum absolute atomic E-state index is 11.9. The predicted octanol–water partition coefficient (Wildman–Crippen LogP) is -0.168. The van der Waals surface area contributed by atoms with Gasteiger partial charge < -0.3 is 10.9 Å². The van der Waals surface area contributed by atoms with Crippen LogP contribution in [0.1, 0.15) is 32.6 Å². The fraction of sp³-hybridized carbons (Fsp3) is 0.889. The molecule has 1 saturated heterocycles. The topological polar surface area (TPSA) is 108 Å². The summed E-state index contributed by atoms with van der Waals surface area (Å²) in [5.74, 6) is 0.0128. The summed E-state index contributed by atoms with van der Waals surface area (Å²) >= 11 is 0. The van der Waals surface area contributed by atoms with Gasteiger partial charge in [0.1, 0.15) is 5.84 Å². The van der Waals surface area contributed by atoms with Gasteiger partial charge in [0.2, 0.25) is 0 Å². The summed E-state index contributed by atoms with van der Waals surface area (Å²) in [7, 11) is -3.45. The molecule has 0 aliphatic carbocycles. The van der Waals surface area contributed by atoms with Crippen LogP contribution in [-0.4, -0.2) is 42.9 Å². The minimum Gasteiger partial charge on any atom is -0.409 e. The van der Waals surface area contributed by atoms with E-state index in [-0.39, 0.29) is 12.3 Å². The second kappa shape index (κ2) is 6.18. The van der Waals surface area contributed by atoms with E-state index in [1.54, 1.807) is 6.92 Å². The maximum Gasteiger partial charge on any atom is 0.279 e. The Morgan fingerprint density at radius 3 is 2.59 bits per heavy atom. The third-order valence-electron chi connectivity index (χ3n) is 2.65. The molecule has 4 N–H and O–H groups in total. The van der Waals surface area contributed by atoms with Gasteiger partial charge in [0.05, 0.1) is 0 Å². The van der Waals surface area contributed by atoms with Gasteiger partial charge in [-0.15, -0.1) is 0 Å². The molecule has 0 bridgehead atoms. The summed E-state index contributed by atoms with van der Waals surface area (Å²) in [5.41, 5.74) is 5.32. The summed E-state index contributed by atoms with van der Waals surface area (Å²) in [6.07, 6.45) is 3.06. The molecule has 0 amide bonds. The van der Waals surface area contributed by atoms with Crippen LogP contribution in [0.4, 0.5) is 0 Å². The number of amidine groups is 1. The first-order valence-corrected chi connectivity index (χ1v) is 7.13. The van der Waals surface area contributed by atoms with E-state index in [2.05, 4.69) is 9.88 Å². The first-order chi connectivity index (χ1) is 7.95. The van der Waals surface area contributed by atoms with Gasteiger partial charge in [-0.3, -0.25) is 0 Å². The van der Waals surface area contributed by atoms with Gasteiger partial charge in [0.15, 0.2) is 0 Å². The SMILES string of the molecule is CC(CC(N)=NO)NS(=O)(=O)N1CCCCC1. The number of nitrogens with two attached hydrogens (primary N) is 1. The number of nitrogens with zero attached hydrogens (tertiary/aromatic N) is 2. The van der Waals surface area contributed by atoms with Crippen molar-refractivity contribution >= 4 is 16.0 Å². The quantitative estimate of drug-likeness (QED) is 0.277. The maximum atomic E-state index is 11.9. The summed E-state index contributed by atoms with van der Waals surface area (Å²) in [6, 6.07) is -0.391. The average molecular weight is 264 g/mol. The number of hydrogen-bond donors (Lipinski definition) is 3. The highest BCUT2D eigenvalue weighted by Crippen LogP contribution is 2.12. The molecule has 7 nitrogen and oxygen atoms in total. The van der Waals surface area contributed by atoms with E-state index in [1.807, 2.05) is 0 Å². The summed E-state index contributed by atoms with van der Waals surface area (Å²) in [6.45, 7) is 2.80. The van der Waals surface area contributed by atoms with Crippen molar-refractivity contribution in [2.45, 2.75) is 38.6 Å². The van der Waals surface area contributed by atoms with Crippen molar-refractivity contribution in [2.75, 3.05) is 13.1 Å². The molecule has 0 aromatic carbocycles. The van der Waals surface area contributed by atoms with Crippen LogP contribution >= 0.6 is 0 Å². The molecular formula is C9H20N4O3S. The molecule has 100 valence electrons. The molecule has 1 heterocycles. The average Bonchev–Trinajstić information content (AvgIpc) is 2.29. The van der Waals surface area contributed by atoms with Gasteiger partial charge in [0, 0.05) is 25.6 Å². The molecule has 0 aromatic rings. The number of rotatable bonds is 5. The first kappa shape index (κ1) is 14.2. The fourth-order valence-corrected chi connectivity index (χ4v) is 3.31. The van der Waals surface area contributed by atoms with Crippen LogP contribution in [0.2, 0.25) is 0 Å². The van der Waals surface area contributed by atoms with Crippen LogP contribution in [0.15, 0.2) is 5.16 Å². The van der Waals surface area contributed by atoms with E-state index in [1.165, 1.54) is 4.31 Å². The molecule has 1 aliphatic rings. The van der Waals surface area contributed by atoms with Crippen molar-refractivity contribution < 1.29 is 13.6 Å². The monoisotopic (exact) mass is 264 g/mol. The van der Waals surface area contributed by atoms with Gasteiger partial charge in [-0.05, 0) is 19.8 Å². The van der Waals surface area contributed by atoms with E-state index in [4.69, 9.17) is 10.9 Å².